The topological polar surface area (TPSA) is 173 Å². The summed E-state index contributed by atoms with van der Waals surface area (Å²) in [5.41, 5.74) is 0.917. The van der Waals surface area contributed by atoms with Gasteiger partial charge in [0.05, 0.1) is 19.3 Å². The van der Waals surface area contributed by atoms with Gasteiger partial charge in [0.15, 0.2) is 0 Å². The summed E-state index contributed by atoms with van der Waals surface area (Å²) in [6.07, 6.45) is -1.15. The van der Waals surface area contributed by atoms with Crippen LogP contribution in [0.4, 0.5) is 0 Å². The summed E-state index contributed by atoms with van der Waals surface area (Å²) in [7, 11) is -3.91. The molecule has 1 aromatic carbocycles. The number of nitrogens with zero attached hydrogens (tertiary/aromatic N) is 5. The molecule has 0 aromatic heterocycles. The average Bonchev–Trinajstić information content (AvgIpc) is 2.94. The lowest BCUT2D eigenvalue weighted by Crippen LogP contribution is -2.49. The number of aliphatic hydroxyl groups is 1. The molecule has 1 saturated heterocycles. The number of rotatable bonds is 18. The monoisotopic (exact) mass is 631 g/mol. The highest BCUT2D eigenvalue weighted by atomic mass is 31.2. The van der Waals surface area contributed by atoms with Crippen LogP contribution in [0.1, 0.15) is 12.5 Å². The fraction of sp³-hybridized carbons (Fsp3) is 0.667. The second-order valence-electron chi connectivity index (χ2n) is 10.3. The van der Waals surface area contributed by atoms with Crippen molar-refractivity contribution in [2.24, 2.45) is 0 Å². The second kappa shape index (κ2) is 20.5. The maximum Gasteiger partial charge on any atom is 0.341 e. The minimum atomic E-state index is -3.91. The molecule has 16 heteroatoms. The van der Waals surface area contributed by atoms with E-state index in [1.54, 1.807) is 16.7 Å². The molecular weight excluding hydrogens is 585 g/mol. The van der Waals surface area contributed by atoms with Crippen LogP contribution in [0.15, 0.2) is 30.3 Å². The summed E-state index contributed by atoms with van der Waals surface area (Å²) in [4.78, 5) is 52.8. The van der Waals surface area contributed by atoms with Gasteiger partial charge in [-0.1, -0.05) is 30.3 Å². The van der Waals surface area contributed by atoms with Crippen molar-refractivity contribution < 1.29 is 48.1 Å². The largest absolute Gasteiger partial charge is 0.480 e. The Morgan fingerprint density at radius 3 is 1.93 bits per heavy atom. The van der Waals surface area contributed by atoms with Crippen molar-refractivity contribution in [3.05, 3.63) is 35.9 Å². The van der Waals surface area contributed by atoms with Gasteiger partial charge in [0.2, 0.25) is 0 Å². The van der Waals surface area contributed by atoms with Crippen LogP contribution in [0.2, 0.25) is 0 Å². The predicted molar refractivity (Wildman–Crippen MR) is 157 cm³/mol. The van der Waals surface area contributed by atoms with Crippen LogP contribution in [0.5, 0.6) is 0 Å². The van der Waals surface area contributed by atoms with Crippen molar-refractivity contribution >= 4 is 26.5 Å². The zero-order chi connectivity index (χ0) is 31.5. The summed E-state index contributed by atoms with van der Waals surface area (Å²) in [5, 5.41) is 20.6. The molecule has 1 aromatic rings. The van der Waals surface area contributed by atoms with Crippen molar-refractivity contribution in [1.29, 1.82) is 0 Å². The maximum atomic E-state index is 12.6. The Morgan fingerprint density at radius 2 is 1.44 bits per heavy atom. The number of hydrogen-bond donors (Lipinski definition) is 3. The van der Waals surface area contributed by atoms with Crippen molar-refractivity contribution in [3.63, 3.8) is 0 Å². The zero-order valence-electron chi connectivity index (χ0n) is 24.8. The number of aliphatic hydroxyl groups excluding tert-OH is 1. The lowest BCUT2D eigenvalue weighted by Gasteiger charge is -2.34. The molecule has 244 valence electrons. The van der Waals surface area contributed by atoms with Crippen LogP contribution in [0, 0.1) is 0 Å². The smallest absolute Gasteiger partial charge is 0.341 e. The van der Waals surface area contributed by atoms with E-state index in [2.05, 4.69) is 0 Å². The molecule has 2 unspecified atom stereocenters. The highest BCUT2D eigenvalue weighted by molar-refractivity contribution is 7.52. The minimum Gasteiger partial charge on any atom is -0.480 e. The molecule has 0 amide bonds. The van der Waals surface area contributed by atoms with E-state index in [1.807, 2.05) is 45.0 Å². The lowest BCUT2D eigenvalue weighted by atomic mass is 10.2. The SMILES string of the molecule is CCOP(=O)(O)CN(Cc1ccccc1)CC(O)CN1CCN(COC=O)CCN(COC=O)CCN(CC(=O)O)CC1. The molecule has 0 saturated carbocycles. The molecule has 2 atom stereocenters. The van der Waals surface area contributed by atoms with Crippen LogP contribution < -0.4 is 0 Å². The number of hydrogen-bond acceptors (Lipinski definition) is 13. The van der Waals surface area contributed by atoms with E-state index in [9.17, 15) is 34.1 Å². The van der Waals surface area contributed by atoms with E-state index >= 15 is 0 Å². The van der Waals surface area contributed by atoms with E-state index in [4.69, 9.17) is 14.0 Å². The summed E-state index contributed by atoms with van der Waals surface area (Å²) in [6, 6.07) is 9.43. The van der Waals surface area contributed by atoms with Crippen molar-refractivity contribution in [3.8, 4) is 0 Å². The molecule has 2 rings (SSSR count). The van der Waals surface area contributed by atoms with Crippen LogP contribution in [0.25, 0.3) is 0 Å². The third-order valence-corrected chi connectivity index (χ3v) is 8.25. The summed E-state index contributed by atoms with van der Waals surface area (Å²) >= 11 is 0. The van der Waals surface area contributed by atoms with E-state index in [0.29, 0.717) is 71.8 Å². The molecule has 0 aliphatic carbocycles. The molecule has 0 bridgehead atoms. The number of aliphatic carboxylic acids is 1. The minimum absolute atomic E-state index is 0.0503. The van der Waals surface area contributed by atoms with Crippen molar-refractivity contribution in [2.75, 3.05) is 98.3 Å². The van der Waals surface area contributed by atoms with Gasteiger partial charge in [-0.15, -0.1) is 0 Å². The highest BCUT2D eigenvalue weighted by Crippen LogP contribution is 2.42. The Kier molecular flexibility index (Phi) is 17.5. The van der Waals surface area contributed by atoms with E-state index < -0.39 is 19.7 Å². The van der Waals surface area contributed by atoms with Crippen LogP contribution in [-0.2, 0) is 39.5 Å². The Morgan fingerprint density at radius 1 is 0.930 bits per heavy atom. The zero-order valence-corrected chi connectivity index (χ0v) is 25.7. The van der Waals surface area contributed by atoms with E-state index in [1.165, 1.54) is 0 Å². The fourth-order valence-corrected chi connectivity index (χ4v) is 6.01. The normalized spacial score (nSPS) is 19.1. The second-order valence-corrected chi connectivity index (χ2v) is 12.2. The fourth-order valence-electron chi connectivity index (χ4n) is 4.80. The third-order valence-electron chi connectivity index (χ3n) is 6.84. The number of carboxylic acids is 1. The predicted octanol–water partition coefficient (Wildman–Crippen LogP) is -0.404. The van der Waals surface area contributed by atoms with Crippen LogP contribution >= 0.6 is 7.60 Å². The van der Waals surface area contributed by atoms with Crippen LogP contribution in [0.3, 0.4) is 0 Å². The molecule has 1 aliphatic rings. The molecule has 0 radical (unpaired) electrons. The van der Waals surface area contributed by atoms with Crippen molar-refractivity contribution in [2.45, 2.75) is 19.6 Å². The van der Waals surface area contributed by atoms with Gasteiger partial charge in [-0.05, 0) is 12.5 Å². The Bertz CT molecular complexity index is 994. The number of carbonyl (C=O) groups is 3. The first kappa shape index (κ1) is 36.7. The Balaban J connectivity index is 2.16. The summed E-state index contributed by atoms with van der Waals surface area (Å²) < 4.78 is 27.6. The van der Waals surface area contributed by atoms with Gasteiger partial charge in [-0.2, -0.15) is 0 Å². The molecule has 1 aliphatic heterocycles. The summed E-state index contributed by atoms with van der Waals surface area (Å²) in [5.74, 6) is -0.967. The summed E-state index contributed by atoms with van der Waals surface area (Å²) in [6.45, 7) is 6.66. The Labute approximate surface area is 253 Å². The first-order valence-electron chi connectivity index (χ1n) is 14.3. The highest BCUT2D eigenvalue weighted by Gasteiger charge is 2.26. The number of β-amino-alcohol motifs (C(OH)–C–C–N with tert-alkyl or cyclic N) is 1. The molecule has 1 fully saturated rings. The molecular formula is C27H46N5O10P. The van der Waals surface area contributed by atoms with Gasteiger partial charge in [-0.3, -0.25) is 43.4 Å². The van der Waals surface area contributed by atoms with Gasteiger partial charge < -0.3 is 29.1 Å². The first-order chi connectivity index (χ1) is 20.6. The Hall–Kier alpha value is -2.46. The molecule has 0 spiro atoms. The number of ether oxygens (including phenoxy) is 2. The van der Waals surface area contributed by atoms with Gasteiger partial charge in [-0.25, -0.2) is 0 Å². The molecule has 15 nitrogen and oxygen atoms in total. The number of carboxylic acid groups (broad SMARTS) is 1. The van der Waals surface area contributed by atoms with Gasteiger partial charge >= 0.3 is 13.6 Å². The molecule has 3 N–H and O–H groups in total. The average molecular weight is 632 g/mol. The lowest BCUT2D eigenvalue weighted by molar-refractivity contribution is -0.139. The first-order valence-corrected chi connectivity index (χ1v) is 16.0. The van der Waals surface area contributed by atoms with Crippen molar-refractivity contribution in [1.82, 2.24) is 24.5 Å². The van der Waals surface area contributed by atoms with Crippen LogP contribution in [-0.4, -0.2) is 163 Å². The molecule has 1 heterocycles. The van der Waals surface area contributed by atoms with E-state index in [-0.39, 0.29) is 46.0 Å². The van der Waals surface area contributed by atoms with E-state index in [0.717, 1.165) is 5.56 Å². The quantitative estimate of drug-likeness (QED) is 0.141. The van der Waals surface area contributed by atoms with Gasteiger partial charge in [0.25, 0.3) is 12.9 Å². The van der Waals surface area contributed by atoms with Gasteiger partial charge in [0.1, 0.15) is 19.7 Å². The third kappa shape index (κ3) is 16.3. The maximum absolute atomic E-state index is 12.6. The molecule has 43 heavy (non-hydrogen) atoms. The number of benzene rings is 1. The van der Waals surface area contributed by atoms with Gasteiger partial charge in [0, 0.05) is 72.0 Å². The number of carbonyl (C=O) groups excluding carboxylic acids is 2. The standard InChI is InChI=1S/C27H46N5O10P/c1-2-42-43(38,39)22-32(16-25-6-4-3-5-7-25)18-26(35)17-28-8-9-29(19-27(36)37)11-13-31(21-41-24-34)15-14-30(12-10-28)20-40-23-33/h3-7,23-24,26,35H,2,8-22H2,1H3,(H,36,37)(H,38,39).